The van der Waals surface area contributed by atoms with E-state index in [1.165, 1.54) is 102 Å². The Hall–Kier alpha value is -2.46. The fraction of sp³-hybridized carbons (Fsp3) is 0.550. The molecule has 3 heteroatoms. The number of ether oxygens (including phenoxy) is 1. The summed E-state index contributed by atoms with van der Waals surface area (Å²) in [5.41, 5.74) is 3.54. The summed E-state index contributed by atoms with van der Waals surface area (Å²) in [5.74, 6) is 0. The van der Waals surface area contributed by atoms with E-state index in [9.17, 15) is 10.2 Å². The van der Waals surface area contributed by atoms with Crippen LogP contribution in [0.25, 0.3) is 0 Å². The van der Waals surface area contributed by atoms with Gasteiger partial charge in [-0.25, -0.2) is 0 Å². The maximum Gasteiger partial charge on any atom is 0.144 e. The Bertz CT molecular complexity index is 1040. The first kappa shape index (κ1) is 35.0. The lowest BCUT2D eigenvalue weighted by molar-refractivity contribution is -0.0527. The predicted molar refractivity (Wildman–Crippen MR) is 182 cm³/mol. The Kier molecular flexibility index (Phi) is 17.3. The number of rotatable bonds is 24. The summed E-state index contributed by atoms with van der Waals surface area (Å²) in [5, 5.41) is 19.9. The molecule has 0 saturated heterocycles. The first-order valence-electron chi connectivity index (χ1n) is 17.3. The van der Waals surface area contributed by atoms with Crippen LogP contribution in [0.2, 0.25) is 0 Å². The predicted octanol–water partition coefficient (Wildman–Crippen LogP) is 10.2. The van der Waals surface area contributed by atoms with Gasteiger partial charge in [-0.15, -0.1) is 0 Å². The molecule has 0 aliphatic rings. The van der Waals surface area contributed by atoms with Crippen LogP contribution in [-0.2, 0) is 16.8 Å². The van der Waals surface area contributed by atoms with E-state index in [0.717, 1.165) is 29.5 Å². The summed E-state index contributed by atoms with van der Waals surface area (Å²) in [6.45, 7) is 1.99. The summed E-state index contributed by atoms with van der Waals surface area (Å²) in [7, 11) is 0. The molecule has 0 radical (unpaired) electrons. The third kappa shape index (κ3) is 11.9. The van der Waals surface area contributed by atoms with Gasteiger partial charge in [0.2, 0.25) is 0 Å². The zero-order valence-corrected chi connectivity index (χ0v) is 26.9. The van der Waals surface area contributed by atoms with Gasteiger partial charge in [0.1, 0.15) is 11.7 Å². The van der Waals surface area contributed by atoms with Crippen LogP contribution in [0.15, 0.2) is 84.9 Å². The Morgan fingerprint density at radius 2 is 0.977 bits per heavy atom. The molecule has 3 aromatic carbocycles. The topological polar surface area (TPSA) is 49.7 Å². The van der Waals surface area contributed by atoms with Crippen LogP contribution < -0.4 is 0 Å². The van der Waals surface area contributed by atoms with Crippen molar-refractivity contribution in [1.29, 1.82) is 0 Å². The summed E-state index contributed by atoms with van der Waals surface area (Å²) < 4.78 is 6.70. The number of hydrogen-bond donors (Lipinski definition) is 2. The van der Waals surface area contributed by atoms with Gasteiger partial charge in [0.05, 0.1) is 13.2 Å². The number of unbranched alkanes of at least 4 members (excludes halogenated alkanes) is 15. The standard InChI is InChI=1S/C40H58O3/c1-2-3-4-5-6-7-8-9-10-11-12-13-14-15-16-19-26-35-27-24-25-32-39(35)40(43-34-38(42)33-41,36-28-20-17-21-29-36)37-30-22-18-23-31-37/h17-18,20-25,27-32,38,41-42H,2-16,19,26,33-34H2,1H3. The maximum absolute atomic E-state index is 10.3. The molecule has 0 amide bonds. The van der Waals surface area contributed by atoms with Crippen LogP contribution in [0, 0.1) is 0 Å². The molecule has 2 N–H and O–H groups in total. The van der Waals surface area contributed by atoms with E-state index in [1.807, 2.05) is 36.4 Å². The second kappa shape index (κ2) is 21.3. The normalized spacial score (nSPS) is 12.4. The van der Waals surface area contributed by atoms with Gasteiger partial charge in [0, 0.05) is 0 Å². The minimum atomic E-state index is -0.945. The highest BCUT2D eigenvalue weighted by molar-refractivity contribution is 5.50. The van der Waals surface area contributed by atoms with Gasteiger partial charge in [-0.2, -0.15) is 0 Å². The van der Waals surface area contributed by atoms with Gasteiger partial charge >= 0.3 is 0 Å². The second-order valence-corrected chi connectivity index (χ2v) is 12.3. The molecule has 0 aliphatic heterocycles. The minimum Gasteiger partial charge on any atom is -0.394 e. The highest BCUT2D eigenvalue weighted by Gasteiger charge is 2.39. The zero-order valence-electron chi connectivity index (χ0n) is 26.9. The molecule has 3 rings (SSSR count). The van der Waals surface area contributed by atoms with Crippen molar-refractivity contribution in [2.24, 2.45) is 0 Å². The third-order valence-electron chi connectivity index (χ3n) is 8.76. The molecular formula is C40H58O3. The van der Waals surface area contributed by atoms with Gasteiger partial charge < -0.3 is 14.9 Å². The molecule has 3 aromatic rings. The SMILES string of the molecule is CCCCCCCCCCCCCCCCCCc1ccccc1C(OCC(O)CO)(c1ccccc1)c1ccccc1. The van der Waals surface area contributed by atoms with E-state index in [2.05, 4.69) is 55.5 Å². The Labute approximate surface area is 262 Å². The fourth-order valence-corrected chi connectivity index (χ4v) is 6.29. The first-order valence-corrected chi connectivity index (χ1v) is 17.3. The fourth-order valence-electron chi connectivity index (χ4n) is 6.29. The molecule has 43 heavy (non-hydrogen) atoms. The number of aryl methyl sites for hydroxylation is 1. The molecule has 0 aromatic heterocycles. The number of benzene rings is 3. The lowest BCUT2D eigenvalue weighted by Crippen LogP contribution is -2.37. The third-order valence-corrected chi connectivity index (χ3v) is 8.76. The molecule has 0 aliphatic carbocycles. The van der Waals surface area contributed by atoms with Crippen molar-refractivity contribution < 1.29 is 14.9 Å². The second-order valence-electron chi connectivity index (χ2n) is 12.3. The van der Waals surface area contributed by atoms with Crippen molar-refractivity contribution >= 4 is 0 Å². The first-order chi connectivity index (χ1) is 21.2. The molecule has 0 bridgehead atoms. The number of hydrogen-bond acceptors (Lipinski definition) is 3. The quantitative estimate of drug-likeness (QED) is 0.0811. The molecule has 0 fully saturated rings. The molecule has 1 atom stereocenters. The van der Waals surface area contributed by atoms with Crippen molar-refractivity contribution in [3.8, 4) is 0 Å². The van der Waals surface area contributed by atoms with Gasteiger partial charge in [-0.3, -0.25) is 0 Å². The molecule has 0 spiro atoms. The maximum atomic E-state index is 10.3. The summed E-state index contributed by atoms with van der Waals surface area (Å²) in [4.78, 5) is 0. The van der Waals surface area contributed by atoms with E-state index in [0.29, 0.717) is 0 Å². The van der Waals surface area contributed by atoms with Crippen LogP contribution in [0.1, 0.15) is 132 Å². The number of aliphatic hydroxyl groups excluding tert-OH is 2. The van der Waals surface area contributed by atoms with Crippen molar-refractivity contribution in [2.45, 2.75) is 128 Å². The average Bonchev–Trinajstić information content (AvgIpc) is 3.06. The summed E-state index contributed by atoms with van der Waals surface area (Å²) in [6.07, 6.45) is 21.9. The largest absolute Gasteiger partial charge is 0.394 e. The molecule has 1 unspecified atom stereocenters. The van der Waals surface area contributed by atoms with Crippen LogP contribution in [0.3, 0.4) is 0 Å². The highest BCUT2D eigenvalue weighted by atomic mass is 16.5. The van der Waals surface area contributed by atoms with Gasteiger partial charge in [-0.05, 0) is 35.1 Å². The molecular weight excluding hydrogens is 528 g/mol. The van der Waals surface area contributed by atoms with E-state index >= 15 is 0 Å². The Balaban J connectivity index is 1.53. The van der Waals surface area contributed by atoms with Gasteiger partial charge in [-0.1, -0.05) is 188 Å². The van der Waals surface area contributed by atoms with Crippen molar-refractivity contribution in [2.75, 3.05) is 13.2 Å². The average molecular weight is 587 g/mol. The van der Waals surface area contributed by atoms with Gasteiger partial charge in [0.15, 0.2) is 0 Å². The van der Waals surface area contributed by atoms with E-state index < -0.39 is 11.7 Å². The van der Waals surface area contributed by atoms with E-state index in [1.54, 1.807) is 0 Å². The highest BCUT2D eigenvalue weighted by Crippen LogP contribution is 2.42. The van der Waals surface area contributed by atoms with E-state index in [-0.39, 0.29) is 13.2 Å². The zero-order chi connectivity index (χ0) is 30.4. The minimum absolute atomic E-state index is 0.0354. The number of aliphatic hydroxyl groups is 2. The van der Waals surface area contributed by atoms with Gasteiger partial charge in [0.25, 0.3) is 0 Å². The van der Waals surface area contributed by atoms with Crippen LogP contribution >= 0.6 is 0 Å². The summed E-state index contributed by atoms with van der Waals surface area (Å²) in [6, 6.07) is 29.2. The Morgan fingerprint density at radius 1 is 0.558 bits per heavy atom. The monoisotopic (exact) mass is 586 g/mol. The lowest BCUT2D eigenvalue weighted by Gasteiger charge is -2.38. The molecule has 0 saturated carbocycles. The van der Waals surface area contributed by atoms with Crippen LogP contribution in [-0.4, -0.2) is 29.5 Å². The molecule has 3 nitrogen and oxygen atoms in total. The summed E-state index contributed by atoms with van der Waals surface area (Å²) >= 11 is 0. The molecule has 0 heterocycles. The Morgan fingerprint density at radius 3 is 1.44 bits per heavy atom. The van der Waals surface area contributed by atoms with Crippen molar-refractivity contribution in [3.05, 3.63) is 107 Å². The van der Waals surface area contributed by atoms with Crippen LogP contribution in [0.4, 0.5) is 0 Å². The van der Waals surface area contributed by atoms with Crippen LogP contribution in [0.5, 0.6) is 0 Å². The van der Waals surface area contributed by atoms with Crippen molar-refractivity contribution in [3.63, 3.8) is 0 Å². The van der Waals surface area contributed by atoms with Crippen molar-refractivity contribution in [1.82, 2.24) is 0 Å². The van der Waals surface area contributed by atoms with E-state index in [4.69, 9.17) is 4.74 Å². The lowest BCUT2D eigenvalue weighted by atomic mass is 9.77. The smallest absolute Gasteiger partial charge is 0.144 e. The molecule has 236 valence electrons.